The second-order valence-electron chi connectivity index (χ2n) is 5.88. The number of aliphatic hydroxyl groups is 1. The van der Waals surface area contributed by atoms with E-state index in [0.717, 1.165) is 17.4 Å². The summed E-state index contributed by atoms with van der Waals surface area (Å²) >= 11 is 0. The summed E-state index contributed by atoms with van der Waals surface area (Å²) in [7, 11) is 0. The molecule has 9 heteroatoms. The molecule has 0 aliphatic heterocycles. The van der Waals surface area contributed by atoms with Crippen molar-refractivity contribution in [3.8, 4) is 0 Å². The van der Waals surface area contributed by atoms with E-state index in [1.807, 2.05) is 12.1 Å². The summed E-state index contributed by atoms with van der Waals surface area (Å²) in [5, 5.41) is 16.7. The van der Waals surface area contributed by atoms with Crippen LogP contribution in [0.3, 0.4) is 0 Å². The van der Waals surface area contributed by atoms with Gasteiger partial charge in [-0.05, 0) is 36.2 Å². The lowest BCUT2D eigenvalue weighted by molar-refractivity contribution is 0.0999. The summed E-state index contributed by atoms with van der Waals surface area (Å²) < 4.78 is 3.15. The van der Waals surface area contributed by atoms with Crippen molar-refractivity contribution in [3.05, 3.63) is 71.3 Å². The third-order valence-electron chi connectivity index (χ3n) is 4.11. The number of nitrogens with two attached hydrogens (primary N) is 1. The molecule has 4 heterocycles. The van der Waals surface area contributed by atoms with E-state index in [1.165, 1.54) is 16.9 Å². The highest BCUT2D eigenvalue weighted by Gasteiger charge is 2.06. The summed E-state index contributed by atoms with van der Waals surface area (Å²) in [6, 6.07) is 6.84. The Labute approximate surface area is 159 Å². The maximum atomic E-state index is 10.9. The zero-order chi connectivity index (χ0) is 20.1. The molecule has 0 aliphatic carbocycles. The Morgan fingerprint density at radius 1 is 1.00 bits per heavy atom. The number of primary amides is 1. The fourth-order valence-electron chi connectivity index (χ4n) is 2.66. The molecule has 28 heavy (non-hydrogen) atoms. The van der Waals surface area contributed by atoms with Crippen molar-refractivity contribution in [2.24, 2.45) is 5.73 Å². The molecule has 0 saturated heterocycles. The monoisotopic (exact) mass is 379 g/mol. The first-order valence-electron chi connectivity index (χ1n) is 8.32. The van der Waals surface area contributed by atoms with E-state index in [2.05, 4.69) is 10.2 Å². The molecule has 4 rings (SSSR count). The van der Waals surface area contributed by atoms with E-state index >= 15 is 0 Å². The molecule has 0 atom stereocenters. The summed E-state index contributed by atoms with van der Waals surface area (Å²) in [4.78, 5) is 32.1. The van der Waals surface area contributed by atoms with Gasteiger partial charge in [-0.15, -0.1) is 0 Å². The maximum Gasteiger partial charge on any atom is 0.248 e. The normalized spacial score (nSPS) is 10.5. The molecule has 0 bridgehead atoms. The van der Waals surface area contributed by atoms with Gasteiger partial charge >= 0.3 is 0 Å². The lowest BCUT2D eigenvalue weighted by Crippen LogP contribution is -2.11. The van der Waals surface area contributed by atoms with Crippen LogP contribution in [0.4, 0.5) is 0 Å². The molecule has 0 aromatic carbocycles. The van der Waals surface area contributed by atoms with Crippen LogP contribution in [0.1, 0.15) is 36.6 Å². The minimum Gasteiger partial charge on any atom is -0.396 e. The zero-order valence-electron chi connectivity index (χ0n) is 14.7. The van der Waals surface area contributed by atoms with Crippen molar-refractivity contribution in [2.45, 2.75) is 6.42 Å². The largest absolute Gasteiger partial charge is 0.396 e. The average Bonchev–Trinajstić information content (AvgIpc) is 3.31. The van der Waals surface area contributed by atoms with Crippen molar-refractivity contribution in [1.29, 1.82) is 0 Å². The van der Waals surface area contributed by atoms with Crippen molar-refractivity contribution in [1.82, 2.24) is 19.2 Å². The Bertz CT molecular complexity index is 1160. The number of hydrogen-bond donors (Lipinski definition) is 2. The Balaban J connectivity index is 0.000000161. The van der Waals surface area contributed by atoms with Crippen LogP contribution in [-0.2, 0) is 6.42 Å². The zero-order valence-corrected chi connectivity index (χ0v) is 14.7. The van der Waals surface area contributed by atoms with E-state index in [-0.39, 0.29) is 6.61 Å². The van der Waals surface area contributed by atoms with Gasteiger partial charge in [0.15, 0.2) is 12.6 Å². The maximum absolute atomic E-state index is 10.9. The lowest BCUT2D eigenvalue weighted by Gasteiger charge is -1.99. The Hall–Kier alpha value is -3.85. The van der Waals surface area contributed by atoms with E-state index in [9.17, 15) is 14.4 Å². The van der Waals surface area contributed by atoms with Gasteiger partial charge in [0.05, 0.1) is 34.6 Å². The topological polar surface area (TPSA) is 132 Å². The predicted octanol–water partition coefficient (Wildman–Crippen LogP) is 0.927. The van der Waals surface area contributed by atoms with Gasteiger partial charge in [0.25, 0.3) is 0 Å². The molecule has 4 aromatic rings. The highest BCUT2D eigenvalue weighted by atomic mass is 16.3. The number of aliphatic hydroxyl groups excluding tert-OH is 1. The second-order valence-corrected chi connectivity index (χ2v) is 5.88. The number of carbonyl (C=O) groups excluding carboxylic acids is 3. The molecule has 0 unspecified atom stereocenters. The number of aromatic nitrogens is 4. The molecule has 0 spiro atoms. The summed E-state index contributed by atoms with van der Waals surface area (Å²) in [5.74, 6) is -0.523. The molecular formula is C19H17N5O4. The Morgan fingerprint density at radius 3 is 2.11 bits per heavy atom. The third kappa shape index (κ3) is 3.79. The van der Waals surface area contributed by atoms with Crippen LogP contribution < -0.4 is 5.73 Å². The molecular weight excluding hydrogens is 362 g/mol. The smallest absolute Gasteiger partial charge is 0.248 e. The molecule has 0 fully saturated rings. The van der Waals surface area contributed by atoms with Crippen molar-refractivity contribution < 1.29 is 19.5 Å². The SMILES string of the molecule is NC(=O)c1ccn2ncc(C=O)c2c1.O=Cc1cnn2ccc(CCO)cc12. The van der Waals surface area contributed by atoms with Crippen LogP contribution in [0.5, 0.6) is 0 Å². The number of nitrogens with zero attached hydrogens (tertiary/aromatic N) is 4. The van der Waals surface area contributed by atoms with Crippen molar-refractivity contribution >= 4 is 29.5 Å². The highest BCUT2D eigenvalue weighted by molar-refractivity contribution is 5.95. The first kappa shape index (κ1) is 18.9. The number of carbonyl (C=O) groups is 3. The Kier molecular flexibility index (Phi) is 5.56. The van der Waals surface area contributed by atoms with Gasteiger partial charge in [0.1, 0.15) is 0 Å². The van der Waals surface area contributed by atoms with Gasteiger partial charge < -0.3 is 10.8 Å². The predicted molar refractivity (Wildman–Crippen MR) is 100 cm³/mol. The van der Waals surface area contributed by atoms with Crippen molar-refractivity contribution in [3.63, 3.8) is 0 Å². The standard InChI is InChI=1S/C10H10N2O2.C9H7N3O2/c13-4-2-8-1-3-12-10(5-8)9(7-14)6-11-12;10-9(14)6-1-2-12-8(3-6)7(5-13)4-11-12/h1,3,5-7,13H,2,4H2;1-5H,(H2,10,14). The summed E-state index contributed by atoms with van der Waals surface area (Å²) in [6.07, 6.45) is 8.41. The molecule has 3 N–H and O–H groups in total. The number of aldehydes is 2. The summed E-state index contributed by atoms with van der Waals surface area (Å²) in [5.41, 5.74) is 8.85. The number of hydrogen-bond acceptors (Lipinski definition) is 6. The quantitative estimate of drug-likeness (QED) is 0.496. The molecule has 1 amide bonds. The number of fused-ring (bicyclic) bond motifs is 2. The van der Waals surface area contributed by atoms with Crippen LogP contribution in [0.25, 0.3) is 11.0 Å². The number of pyridine rings is 2. The second kappa shape index (κ2) is 8.23. The minimum atomic E-state index is -0.523. The van der Waals surface area contributed by atoms with Crippen LogP contribution in [-0.4, -0.2) is 49.4 Å². The molecule has 142 valence electrons. The number of amides is 1. The van der Waals surface area contributed by atoms with E-state index in [1.54, 1.807) is 29.0 Å². The molecule has 0 radical (unpaired) electrons. The third-order valence-corrected chi connectivity index (χ3v) is 4.11. The Morgan fingerprint density at radius 2 is 1.57 bits per heavy atom. The fourth-order valence-corrected chi connectivity index (χ4v) is 2.66. The molecule has 4 aromatic heterocycles. The van der Waals surface area contributed by atoms with Crippen molar-refractivity contribution in [2.75, 3.05) is 6.61 Å². The van der Waals surface area contributed by atoms with Gasteiger partial charge in [-0.2, -0.15) is 10.2 Å². The van der Waals surface area contributed by atoms with Gasteiger partial charge in [-0.3, -0.25) is 14.4 Å². The number of rotatable bonds is 5. The minimum absolute atomic E-state index is 0.112. The summed E-state index contributed by atoms with van der Waals surface area (Å²) in [6.45, 7) is 0.112. The van der Waals surface area contributed by atoms with Crippen LogP contribution in [0.15, 0.2) is 49.1 Å². The molecule has 0 aliphatic rings. The molecule has 0 saturated carbocycles. The molecule has 9 nitrogen and oxygen atoms in total. The fraction of sp³-hybridized carbons (Fsp3) is 0.105. The first-order chi connectivity index (χ1) is 13.6. The van der Waals surface area contributed by atoms with E-state index in [0.29, 0.717) is 34.9 Å². The lowest BCUT2D eigenvalue weighted by atomic mass is 10.1. The van der Waals surface area contributed by atoms with Gasteiger partial charge in [-0.1, -0.05) is 0 Å². The van der Waals surface area contributed by atoms with Crippen LogP contribution >= 0.6 is 0 Å². The van der Waals surface area contributed by atoms with Crippen LogP contribution in [0, 0.1) is 0 Å². The van der Waals surface area contributed by atoms with Gasteiger partial charge in [-0.25, -0.2) is 9.03 Å². The van der Waals surface area contributed by atoms with Gasteiger partial charge in [0, 0.05) is 24.6 Å². The van der Waals surface area contributed by atoms with E-state index < -0.39 is 5.91 Å². The van der Waals surface area contributed by atoms with Crippen LogP contribution in [0.2, 0.25) is 0 Å². The average molecular weight is 379 g/mol. The first-order valence-corrected chi connectivity index (χ1v) is 8.32. The van der Waals surface area contributed by atoms with E-state index in [4.69, 9.17) is 10.8 Å². The van der Waals surface area contributed by atoms with Gasteiger partial charge in [0.2, 0.25) is 5.91 Å². The highest BCUT2D eigenvalue weighted by Crippen LogP contribution is 2.11.